The molecule has 0 aromatic heterocycles. The molecule has 0 spiro atoms. The van der Waals surface area contributed by atoms with E-state index in [2.05, 4.69) is 4.74 Å². The van der Waals surface area contributed by atoms with Crippen molar-refractivity contribution in [3.05, 3.63) is 53.3 Å². The molecule has 182 valence electrons. The Bertz CT molecular complexity index is 877. The van der Waals surface area contributed by atoms with Crippen molar-refractivity contribution >= 4 is 8.80 Å². The van der Waals surface area contributed by atoms with E-state index in [1.165, 1.54) is 49.2 Å². The highest BCUT2D eigenvalue weighted by Crippen LogP contribution is 2.38. The molecule has 0 atom stereocenters. The lowest BCUT2D eigenvalue weighted by Crippen LogP contribution is -2.20. The molecule has 0 saturated carbocycles. The maximum Gasteiger partial charge on any atom is 0.272 e. The molecule has 1 aliphatic rings. The molecule has 0 aliphatic carbocycles. The molecule has 0 N–H and O–H groups in total. The second-order valence-electron chi connectivity index (χ2n) is 8.77. The molecule has 0 amide bonds. The topological polar surface area (TPSA) is 18.5 Å². The van der Waals surface area contributed by atoms with E-state index in [0.717, 1.165) is 38.0 Å². The lowest BCUT2D eigenvalue weighted by molar-refractivity contribution is 0.0799. The largest absolute Gasteiger partial charge is 0.485 e. The van der Waals surface area contributed by atoms with E-state index in [9.17, 15) is 22.0 Å². The van der Waals surface area contributed by atoms with Crippen molar-refractivity contribution in [1.82, 2.24) is 0 Å². The van der Waals surface area contributed by atoms with Crippen LogP contribution in [0.15, 0.2) is 30.3 Å². The van der Waals surface area contributed by atoms with Gasteiger partial charge < -0.3 is 9.47 Å². The molecule has 33 heavy (non-hydrogen) atoms. The summed E-state index contributed by atoms with van der Waals surface area (Å²) in [5, 5.41) is 0. The Hall–Kier alpha value is -1.93. The summed E-state index contributed by atoms with van der Waals surface area (Å²) < 4.78 is 78.3. The number of ether oxygens (including phenoxy) is 2. The molecule has 0 radical (unpaired) electrons. The zero-order valence-corrected chi connectivity index (χ0v) is 20.1. The second-order valence-corrected chi connectivity index (χ2v) is 12.2. The number of unbranched alkanes of at least 4 members (excludes halogenated alkanes) is 2. The van der Waals surface area contributed by atoms with Gasteiger partial charge in [-0.15, -0.1) is 0 Å². The molecule has 1 saturated heterocycles. The summed E-state index contributed by atoms with van der Waals surface area (Å²) in [4.78, 5) is 0. The average molecular weight is 487 g/mol. The highest BCUT2D eigenvalue weighted by Gasteiger charge is 2.25. The molecule has 3 rings (SSSR count). The van der Waals surface area contributed by atoms with Crippen LogP contribution >= 0.6 is 0 Å². The van der Waals surface area contributed by atoms with E-state index >= 15 is 0 Å². The Morgan fingerprint density at radius 1 is 0.939 bits per heavy atom. The van der Waals surface area contributed by atoms with E-state index < -0.39 is 39.3 Å². The molecule has 1 aliphatic heterocycles. The van der Waals surface area contributed by atoms with Crippen molar-refractivity contribution < 1.29 is 31.4 Å². The Kier molecular flexibility index (Phi) is 9.74. The van der Waals surface area contributed by atoms with E-state index in [1.807, 2.05) is 0 Å². The number of methoxy groups -OCH3 is 1. The molecule has 0 bridgehead atoms. The van der Waals surface area contributed by atoms with Gasteiger partial charge in [0.05, 0.1) is 5.56 Å². The highest BCUT2D eigenvalue weighted by atomic mass is 28.3. The molecule has 1 fully saturated rings. The quantitative estimate of drug-likeness (QED) is 0.188. The number of rotatable bonds is 11. The number of hydrogen-bond acceptors (Lipinski definition) is 2. The first-order valence-electron chi connectivity index (χ1n) is 11.6. The molecule has 8 heteroatoms. The van der Waals surface area contributed by atoms with Gasteiger partial charge in [-0.05, 0) is 60.6 Å². The van der Waals surface area contributed by atoms with Gasteiger partial charge in [-0.25, -0.2) is 22.0 Å². The molecular formula is C25H31F5O2Si. The van der Waals surface area contributed by atoms with Crippen molar-refractivity contribution in [3.63, 3.8) is 0 Å². The van der Waals surface area contributed by atoms with Gasteiger partial charge in [-0.3, -0.25) is 0 Å². The van der Waals surface area contributed by atoms with Gasteiger partial charge in [0.25, 0.3) is 6.43 Å². The Labute approximate surface area is 193 Å². The molecule has 2 nitrogen and oxygen atoms in total. The first-order chi connectivity index (χ1) is 15.9. The summed E-state index contributed by atoms with van der Waals surface area (Å²) in [6.07, 6.45) is 2.70. The van der Waals surface area contributed by atoms with E-state index in [-0.39, 0.29) is 22.8 Å². The maximum atomic E-state index is 14.9. The van der Waals surface area contributed by atoms with Gasteiger partial charge in [0.1, 0.15) is 18.2 Å². The predicted octanol–water partition coefficient (Wildman–Crippen LogP) is 7.34. The van der Waals surface area contributed by atoms with Crippen LogP contribution in [0, 0.1) is 17.5 Å². The van der Waals surface area contributed by atoms with Crippen LogP contribution in [0.4, 0.5) is 22.0 Å². The fourth-order valence-corrected chi connectivity index (χ4v) is 8.15. The minimum atomic E-state index is -2.75. The molecule has 1 heterocycles. The highest BCUT2D eigenvalue weighted by molar-refractivity contribution is 6.59. The minimum Gasteiger partial charge on any atom is -0.485 e. The maximum absolute atomic E-state index is 14.9. The van der Waals surface area contributed by atoms with Gasteiger partial charge >= 0.3 is 0 Å². The van der Waals surface area contributed by atoms with Crippen molar-refractivity contribution in [2.24, 2.45) is 0 Å². The van der Waals surface area contributed by atoms with Gasteiger partial charge in [-0.1, -0.05) is 37.0 Å². The van der Waals surface area contributed by atoms with E-state index in [0.29, 0.717) is 5.56 Å². The summed E-state index contributed by atoms with van der Waals surface area (Å²) in [5.74, 6) is -2.67. The molecule has 2 aromatic rings. The Balaban J connectivity index is 1.62. The van der Waals surface area contributed by atoms with Crippen LogP contribution in [-0.2, 0) is 4.74 Å². The summed E-state index contributed by atoms with van der Waals surface area (Å²) in [7, 11) is 0.944. The third kappa shape index (κ3) is 7.27. The summed E-state index contributed by atoms with van der Waals surface area (Å²) in [6.45, 7) is -0.142. The van der Waals surface area contributed by atoms with Gasteiger partial charge in [0.2, 0.25) is 0 Å². The first kappa shape index (κ1) is 25.7. The van der Waals surface area contributed by atoms with Crippen LogP contribution in [0.5, 0.6) is 5.75 Å². The van der Waals surface area contributed by atoms with Crippen LogP contribution in [0.3, 0.4) is 0 Å². The van der Waals surface area contributed by atoms with Crippen LogP contribution in [0.2, 0.25) is 18.1 Å². The van der Waals surface area contributed by atoms with Gasteiger partial charge in [0.15, 0.2) is 11.6 Å². The van der Waals surface area contributed by atoms with Gasteiger partial charge in [0, 0.05) is 22.5 Å². The number of hydrogen-bond donors (Lipinski definition) is 0. The molecule has 0 unspecified atom stereocenters. The summed E-state index contributed by atoms with van der Waals surface area (Å²) in [6, 6.07) is 9.70. The number of benzene rings is 2. The van der Waals surface area contributed by atoms with Crippen LogP contribution in [0.25, 0.3) is 11.1 Å². The van der Waals surface area contributed by atoms with E-state index in [1.54, 1.807) is 7.11 Å². The third-order valence-corrected chi connectivity index (χ3v) is 9.95. The first-order valence-corrected chi connectivity index (χ1v) is 14.0. The normalized spacial score (nSPS) is 18.6. The monoisotopic (exact) mass is 486 g/mol. The SMILES string of the molecule is COCCCCC[Si@H]1CC[C@H](c2cc(F)c(-c3ccc(OCC(F)F)c(F)c3)c(F)c2)CC1. The van der Waals surface area contributed by atoms with Crippen molar-refractivity contribution in [2.45, 2.75) is 62.6 Å². The second kappa shape index (κ2) is 12.5. The van der Waals surface area contributed by atoms with Crippen molar-refractivity contribution in [1.29, 1.82) is 0 Å². The Morgan fingerprint density at radius 2 is 1.64 bits per heavy atom. The zero-order valence-electron chi connectivity index (χ0n) is 18.9. The lowest BCUT2D eigenvalue weighted by Gasteiger charge is -2.28. The molecular weight excluding hydrogens is 455 g/mol. The summed E-state index contributed by atoms with van der Waals surface area (Å²) >= 11 is 0. The number of alkyl halides is 2. The molecule has 2 aromatic carbocycles. The van der Waals surface area contributed by atoms with Crippen LogP contribution in [0.1, 0.15) is 43.6 Å². The lowest BCUT2D eigenvalue weighted by atomic mass is 9.91. The standard InChI is InChI=1S/C25H31F5O2Si/c1-31-9-3-2-4-10-33-11-7-17(8-12-33)19-14-21(27)25(22(28)15-19)18-5-6-23(20(26)13-18)32-16-24(29)30/h5-6,13-15,17,24,33H,2-4,7-12,16H2,1H3/t17-,33-. The van der Waals surface area contributed by atoms with Crippen LogP contribution < -0.4 is 4.74 Å². The van der Waals surface area contributed by atoms with Crippen molar-refractivity contribution in [3.8, 4) is 16.9 Å². The Morgan fingerprint density at radius 3 is 2.24 bits per heavy atom. The van der Waals surface area contributed by atoms with Crippen molar-refractivity contribution in [2.75, 3.05) is 20.3 Å². The number of halogens is 5. The summed E-state index contributed by atoms with van der Waals surface area (Å²) in [5.41, 5.74) is 0.332. The fraction of sp³-hybridized carbons (Fsp3) is 0.520. The minimum absolute atomic E-state index is 0.00281. The van der Waals surface area contributed by atoms with Gasteiger partial charge in [-0.2, -0.15) is 0 Å². The van der Waals surface area contributed by atoms with Crippen LogP contribution in [-0.4, -0.2) is 35.5 Å². The zero-order chi connectivity index (χ0) is 23.8. The smallest absolute Gasteiger partial charge is 0.272 e. The third-order valence-electron chi connectivity index (χ3n) is 6.43. The average Bonchev–Trinajstić information content (AvgIpc) is 2.78. The predicted molar refractivity (Wildman–Crippen MR) is 123 cm³/mol. The van der Waals surface area contributed by atoms with E-state index in [4.69, 9.17) is 4.74 Å². The fourth-order valence-electron chi connectivity index (χ4n) is 4.67.